The van der Waals surface area contributed by atoms with Crippen LogP contribution in [0.2, 0.25) is 0 Å². The monoisotopic (exact) mass is 413 g/mol. The van der Waals surface area contributed by atoms with Crippen LogP contribution in [0.5, 0.6) is 5.75 Å². The van der Waals surface area contributed by atoms with Gasteiger partial charge in [-0.3, -0.25) is 14.5 Å². The van der Waals surface area contributed by atoms with Crippen molar-refractivity contribution in [2.45, 2.75) is 32.2 Å². The Morgan fingerprint density at radius 1 is 1.30 bits per heavy atom. The summed E-state index contributed by atoms with van der Waals surface area (Å²) in [6.07, 6.45) is 4.49. The Bertz CT molecular complexity index is 893. The van der Waals surface area contributed by atoms with Crippen LogP contribution in [0.15, 0.2) is 30.5 Å². The SMILES string of the molecule is COc1ccc(C)cc1-n1ccc(C(=O)NCCCN2CCCC2C(=O)N(C)C)n1. The molecule has 0 saturated carbocycles. The van der Waals surface area contributed by atoms with Gasteiger partial charge in [-0.2, -0.15) is 5.10 Å². The summed E-state index contributed by atoms with van der Waals surface area (Å²) in [4.78, 5) is 28.6. The standard InChI is InChI=1S/C22H31N5O3/c1-16-8-9-20(30-4)19(15-16)27-14-10-17(24-27)21(28)23-11-6-13-26-12-5-7-18(26)22(29)25(2)3/h8-10,14-15,18H,5-7,11-13H2,1-4H3,(H,23,28). The summed E-state index contributed by atoms with van der Waals surface area (Å²) in [6.45, 7) is 4.26. The van der Waals surface area contributed by atoms with Gasteiger partial charge in [0, 0.05) is 33.4 Å². The number of amides is 2. The second kappa shape index (κ2) is 9.75. The third-order valence-corrected chi connectivity index (χ3v) is 5.40. The van der Waals surface area contributed by atoms with Gasteiger partial charge >= 0.3 is 0 Å². The van der Waals surface area contributed by atoms with Gasteiger partial charge in [0.2, 0.25) is 5.91 Å². The molecule has 0 aliphatic carbocycles. The van der Waals surface area contributed by atoms with Crippen molar-refractivity contribution in [3.05, 3.63) is 41.7 Å². The van der Waals surface area contributed by atoms with Crippen LogP contribution >= 0.6 is 0 Å². The van der Waals surface area contributed by atoms with Gasteiger partial charge in [0.1, 0.15) is 11.4 Å². The van der Waals surface area contributed by atoms with Gasteiger partial charge in [-0.05, 0) is 56.5 Å². The van der Waals surface area contributed by atoms with E-state index in [1.165, 1.54) is 0 Å². The maximum atomic E-state index is 12.5. The Hall–Kier alpha value is -2.87. The highest BCUT2D eigenvalue weighted by Gasteiger charge is 2.31. The maximum absolute atomic E-state index is 12.5. The molecule has 8 heteroatoms. The van der Waals surface area contributed by atoms with Crippen molar-refractivity contribution in [3.63, 3.8) is 0 Å². The number of hydrogen-bond acceptors (Lipinski definition) is 5. The molecule has 0 spiro atoms. The molecule has 1 N–H and O–H groups in total. The van der Waals surface area contributed by atoms with E-state index in [2.05, 4.69) is 15.3 Å². The Labute approximate surface area is 177 Å². The second-order valence-electron chi connectivity index (χ2n) is 7.86. The lowest BCUT2D eigenvalue weighted by atomic mass is 10.2. The molecule has 2 heterocycles. The van der Waals surface area contributed by atoms with E-state index in [0.29, 0.717) is 18.0 Å². The molecule has 1 aliphatic heterocycles. The molecule has 1 saturated heterocycles. The molecular weight excluding hydrogens is 382 g/mol. The zero-order chi connectivity index (χ0) is 21.7. The van der Waals surface area contributed by atoms with Crippen LogP contribution in [0.1, 0.15) is 35.3 Å². The number of rotatable bonds is 8. The summed E-state index contributed by atoms with van der Waals surface area (Å²) < 4.78 is 7.05. The zero-order valence-electron chi connectivity index (χ0n) is 18.2. The van der Waals surface area contributed by atoms with Gasteiger partial charge in [-0.1, -0.05) is 6.07 Å². The first kappa shape index (κ1) is 21.8. The van der Waals surface area contributed by atoms with Crippen LogP contribution in [0.3, 0.4) is 0 Å². The summed E-state index contributed by atoms with van der Waals surface area (Å²) in [5, 5.41) is 7.33. The number of aryl methyl sites for hydroxylation is 1. The molecular formula is C22H31N5O3. The first-order chi connectivity index (χ1) is 14.4. The number of hydrogen-bond donors (Lipinski definition) is 1. The molecule has 1 aromatic heterocycles. The van der Waals surface area contributed by atoms with Gasteiger partial charge in [0.25, 0.3) is 5.91 Å². The van der Waals surface area contributed by atoms with Crippen molar-refractivity contribution < 1.29 is 14.3 Å². The summed E-state index contributed by atoms with van der Waals surface area (Å²) in [7, 11) is 5.21. The van der Waals surface area contributed by atoms with E-state index in [4.69, 9.17) is 4.74 Å². The van der Waals surface area contributed by atoms with E-state index in [0.717, 1.165) is 43.6 Å². The molecule has 0 radical (unpaired) electrons. The van der Waals surface area contributed by atoms with Crippen LogP contribution in [0.4, 0.5) is 0 Å². The van der Waals surface area contributed by atoms with Crippen molar-refractivity contribution >= 4 is 11.8 Å². The Balaban J connectivity index is 1.52. The first-order valence-corrected chi connectivity index (χ1v) is 10.3. The van der Waals surface area contributed by atoms with Crippen LogP contribution in [0, 0.1) is 6.92 Å². The molecule has 2 aromatic rings. The highest BCUT2D eigenvalue weighted by atomic mass is 16.5. The molecule has 1 atom stereocenters. The molecule has 1 aliphatic rings. The van der Waals surface area contributed by atoms with Crippen molar-refractivity contribution in [2.75, 3.05) is 40.8 Å². The Morgan fingerprint density at radius 3 is 2.83 bits per heavy atom. The van der Waals surface area contributed by atoms with Crippen molar-refractivity contribution in [1.82, 2.24) is 24.9 Å². The lowest BCUT2D eigenvalue weighted by Crippen LogP contribution is -2.43. The summed E-state index contributed by atoms with van der Waals surface area (Å²) >= 11 is 0. The molecule has 1 unspecified atom stereocenters. The maximum Gasteiger partial charge on any atom is 0.271 e. The molecule has 2 amide bonds. The fourth-order valence-corrected chi connectivity index (χ4v) is 3.80. The third kappa shape index (κ3) is 4.99. The lowest BCUT2D eigenvalue weighted by molar-refractivity contribution is -0.133. The Kier molecular flexibility index (Phi) is 7.10. The highest BCUT2D eigenvalue weighted by molar-refractivity contribution is 5.92. The first-order valence-electron chi connectivity index (χ1n) is 10.3. The average molecular weight is 414 g/mol. The molecule has 162 valence electrons. The number of likely N-dealkylation sites (N-methyl/N-ethyl adjacent to an activating group) is 1. The number of aromatic nitrogens is 2. The van der Waals surface area contributed by atoms with Gasteiger partial charge in [-0.25, -0.2) is 4.68 Å². The van der Waals surface area contributed by atoms with Crippen molar-refractivity contribution in [1.29, 1.82) is 0 Å². The molecule has 0 bridgehead atoms. The van der Waals surface area contributed by atoms with Gasteiger partial charge in [0.15, 0.2) is 5.69 Å². The number of carbonyl (C=O) groups excluding carboxylic acids is 2. The van der Waals surface area contributed by atoms with Gasteiger partial charge < -0.3 is 15.0 Å². The number of nitrogens with zero attached hydrogens (tertiary/aromatic N) is 4. The van der Waals surface area contributed by atoms with E-state index < -0.39 is 0 Å². The van der Waals surface area contributed by atoms with E-state index in [1.54, 1.807) is 43.1 Å². The lowest BCUT2D eigenvalue weighted by Gasteiger charge is -2.25. The predicted octanol–water partition coefficient (Wildman–Crippen LogP) is 1.86. The molecule has 1 fully saturated rings. The number of nitrogens with one attached hydrogen (secondary N) is 1. The topological polar surface area (TPSA) is 79.7 Å². The molecule has 3 rings (SSSR count). The van der Waals surface area contributed by atoms with Crippen LogP contribution < -0.4 is 10.1 Å². The molecule has 1 aromatic carbocycles. The summed E-state index contributed by atoms with van der Waals surface area (Å²) in [6, 6.07) is 7.49. The largest absolute Gasteiger partial charge is 0.494 e. The predicted molar refractivity (Wildman–Crippen MR) is 115 cm³/mol. The van der Waals surface area contributed by atoms with Crippen LogP contribution in [0.25, 0.3) is 5.69 Å². The number of methoxy groups -OCH3 is 1. The van der Waals surface area contributed by atoms with E-state index in [1.807, 2.05) is 25.1 Å². The van der Waals surface area contributed by atoms with Crippen molar-refractivity contribution in [3.8, 4) is 11.4 Å². The second-order valence-corrected chi connectivity index (χ2v) is 7.86. The van der Waals surface area contributed by atoms with Gasteiger partial charge in [-0.15, -0.1) is 0 Å². The normalized spacial score (nSPS) is 16.5. The highest BCUT2D eigenvalue weighted by Crippen LogP contribution is 2.23. The third-order valence-electron chi connectivity index (χ3n) is 5.40. The Morgan fingerprint density at radius 2 is 2.10 bits per heavy atom. The van der Waals surface area contributed by atoms with Crippen LogP contribution in [-0.2, 0) is 4.79 Å². The minimum atomic E-state index is -0.206. The number of likely N-dealkylation sites (tertiary alicyclic amines) is 1. The minimum Gasteiger partial charge on any atom is -0.494 e. The van der Waals surface area contributed by atoms with E-state index in [-0.39, 0.29) is 17.9 Å². The van der Waals surface area contributed by atoms with Crippen LogP contribution in [-0.4, -0.2) is 78.3 Å². The smallest absolute Gasteiger partial charge is 0.271 e. The van der Waals surface area contributed by atoms with Crippen molar-refractivity contribution in [2.24, 2.45) is 0 Å². The van der Waals surface area contributed by atoms with E-state index >= 15 is 0 Å². The quantitative estimate of drug-likeness (QED) is 0.669. The fourth-order valence-electron chi connectivity index (χ4n) is 3.80. The average Bonchev–Trinajstić information content (AvgIpc) is 3.40. The molecule has 30 heavy (non-hydrogen) atoms. The number of ether oxygens (including phenoxy) is 1. The summed E-state index contributed by atoms with van der Waals surface area (Å²) in [5.74, 6) is 0.652. The van der Waals surface area contributed by atoms with E-state index in [9.17, 15) is 9.59 Å². The minimum absolute atomic E-state index is 0.0318. The number of benzene rings is 1. The zero-order valence-corrected chi connectivity index (χ0v) is 18.2. The van der Waals surface area contributed by atoms with Gasteiger partial charge in [0.05, 0.1) is 13.2 Å². The number of carbonyl (C=O) groups is 2. The molecule has 8 nitrogen and oxygen atoms in total. The summed E-state index contributed by atoms with van der Waals surface area (Å²) in [5.41, 5.74) is 2.24. The fraction of sp³-hybridized carbons (Fsp3) is 0.500.